The highest BCUT2D eigenvalue weighted by Gasteiger charge is 2.12. The van der Waals surface area contributed by atoms with E-state index in [1.54, 1.807) is 13.2 Å². The Hall–Kier alpha value is -2.15. The molecule has 0 aliphatic carbocycles. The van der Waals surface area contributed by atoms with Gasteiger partial charge in [0.05, 0.1) is 4.92 Å². The fourth-order valence-corrected chi connectivity index (χ4v) is 1.67. The molecule has 0 saturated heterocycles. The van der Waals surface area contributed by atoms with Crippen LogP contribution in [0.4, 0.5) is 11.7 Å². The van der Waals surface area contributed by atoms with E-state index < -0.39 is 4.92 Å². The maximum Gasteiger partial charge on any atom is 0.295 e. The largest absolute Gasteiger partial charge is 0.424 e. The number of rotatable bonds is 6. The van der Waals surface area contributed by atoms with Gasteiger partial charge in [0.1, 0.15) is 5.52 Å². The Morgan fingerprint density at radius 3 is 3.05 bits per heavy atom. The van der Waals surface area contributed by atoms with Crippen LogP contribution in [0.25, 0.3) is 11.1 Å². The molecule has 102 valence electrons. The molecule has 1 aromatic carbocycles. The van der Waals surface area contributed by atoms with E-state index in [9.17, 15) is 10.1 Å². The summed E-state index contributed by atoms with van der Waals surface area (Å²) >= 11 is 0. The highest BCUT2D eigenvalue weighted by Crippen LogP contribution is 2.23. The number of fused-ring (bicyclic) bond motifs is 1. The van der Waals surface area contributed by atoms with Gasteiger partial charge in [-0.05, 0) is 19.4 Å². The van der Waals surface area contributed by atoms with Crippen LogP contribution >= 0.6 is 0 Å². The van der Waals surface area contributed by atoms with Crippen molar-refractivity contribution in [2.45, 2.75) is 19.4 Å². The highest BCUT2D eigenvalue weighted by molar-refractivity contribution is 5.77. The van der Waals surface area contributed by atoms with E-state index in [0.717, 1.165) is 6.42 Å². The molecule has 1 atom stereocenters. The third kappa shape index (κ3) is 3.19. The number of nitro groups is 1. The first-order valence-electron chi connectivity index (χ1n) is 5.90. The van der Waals surface area contributed by atoms with E-state index >= 15 is 0 Å². The first kappa shape index (κ1) is 13.3. The lowest BCUT2D eigenvalue weighted by Crippen LogP contribution is -2.17. The predicted octanol–water partition coefficient (Wildman–Crippen LogP) is 2.57. The Labute approximate surface area is 109 Å². The number of nitrogens with one attached hydrogen (secondary N) is 1. The van der Waals surface area contributed by atoms with Gasteiger partial charge in [0.15, 0.2) is 5.58 Å². The van der Waals surface area contributed by atoms with Crippen molar-refractivity contribution in [3.05, 3.63) is 28.3 Å². The monoisotopic (exact) mass is 265 g/mol. The molecule has 0 fully saturated rings. The first-order chi connectivity index (χ1) is 9.10. The van der Waals surface area contributed by atoms with Crippen LogP contribution in [0.15, 0.2) is 22.6 Å². The van der Waals surface area contributed by atoms with Crippen molar-refractivity contribution in [1.29, 1.82) is 0 Å². The Kier molecular flexibility index (Phi) is 3.96. The van der Waals surface area contributed by atoms with E-state index in [2.05, 4.69) is 10.3 Å². The van der Waals surface area contributed by atoms with Gasteiger partial charge in [-0.25, -0.2) is 0 Å². The van der Waals surface area contributed by atoms with E-state index in [-0.39, 0.29) is 11.7 Å². The van der Waals surface area contributed by atoms with Crippen LogP contribution in [0.2, 0.25) is 0 Å². The normalized spacial score (nSPS) is 12.5. The number of aromatic nitrogens is 1. The number of ether oxygens (including phenoxy) is 1. The van der Waals surface area contributed by atoms with Crippen LogP contribution in [0.3, 0.4) is 0 Å². The average Bonchev–Trinajstić information content (AvgIpc) is 2.77. The Morgan fingerprint density at radius 1 is 1.58 bits per heavy atom. The quantitative estimate of drug-likeness (QED) is 0.637. The van der Waals surface area contributed by atoms with E-state index in [1.807, 2.05) is 6.92 Å². The molecule has 1 heterocycles. The number of benzene rings is 1. The summed E-state index contributed by atoms with van der Waals surface area (Å²) in [6, 6.07) is 4.84. The number of oxazole rings is 1. The van der Waals surface area contributed by atoms with Gasteiger partial charge in [-0.15, -0.1) is 0 Å². The molecule has 0 aliphatic heterocycles. The summed E-state index contributed by atoms with van der Waals surface area (Å²) in [4.78, 5) is 14.4. The van der Waals surface area contributed by atoms with Crippen molar-refractivity contribution in [1.82, 2.24) is 4.98 Å². The van der Waals surface area contributed by atoms with E-state index in [1.165, 1.54) is 12.1 Å². The third-order valence-corrected chi connectivity index (χ3v) is 2.71. The van der Waals surface area contributed by atoms with Crippen molar-refractivity contribution in [2.24, 2.45) is 0 Å². The van der Waals surface area contributed by atoms with Gasteiger partial charge in [-0.2, -0.15) is 4.98 Å². The molecule has 0 radical (unpaired) electrons. The second-order valence-corrected chi connectivity index (χ2v) is 4.26. The standard InChI is InChI=1S/C12H15N3O4/c1-8(5-6-18-2)13-12-14-10-7-9(15(16)17)3-4-11(10)19-12/h3-4,7-8H,5-6H2,1-2H3,(H,13,14). The van der Waals surface area contributed by atoms with Gasteiger partial charge >= 0.3 is 0 Å². The number of methoxy groups -OCH3 is 1. The van der Waals surface area contributed by atoms with Crippen LogP contribution in [0.5, 0.6) is 0 Å². The van der Waals surface area contributed by atoms with Gasteiger partial charge < -0.3 is 14.5 Å². The molecule has 1 N–H and O–H groups in total. The van der Waals surface area contributed by atoms with Crippen LogP contribution < -0.4 is 5.32 Å². The predicted molar refractivity (Wildman–Crippen MR) is 70.2 cm³/mol. The molecule has 7 heteroatoms. The van der Waals surface area contributed by atoms with Crippen molar-refractivity contribution < 1.29 is 14.1 Å². The Balaban J connectivity index is 2.15. The van der Waals surface area contributed by atoms with Crippen LogP contribution in [-0.4, -0.2) is 29.7 Å². The minimum atomic E-state index is -0.456. The van der Waals surface area contributed by atoms with Crippen LogP contribution in [0, 0.1) is 10.1 Å². The van der Waals surface area contributed by atoms with Crippen LogP contribution in [-0.2, 0) is 4.74 Å². The smallest absolute Gasteiger partial charge is 0.295 e. The van der Waals surface area contributed by atoms with Crippen molar-refractivity contribution >= 4 is 22.8 Å². The SMILES string of the molecule is COCCC(C)Nc1nc2cc([N+](=O)[O-])ccc2o1. The summed E-state index contributed by atoms with van der Waals surface area (Å²) < 4.78 is 10.5. The van der Waals surface area contributed by atoms with Gasteiger partial charge in [-0.3, -0.25) is 10.1 Å². The lowest BCUT2D eigenvalue weighted by Gasteiger charge is -2.10. The van der Waals surface area contributed by atoms with Crippen molar-refractivity contribution in [2.75, 3.05) is 19.0 Å². The number of nitro benzene ring substituents is 1. The molecule has 0 spiro atoms. The summed E-state index contributed by atoms with van der Waals surface area (Å²) in [7, 11) is 1.64. The maximum absolute atomic E-state index is 10.7. The molecule has 1 aromatic heterocycles. The number of non-ortho nitro benzene ring substituents is 1. The zero-order chi connectivity index (χ0) is 13.8. The zero-order valence-corrected chi connectivity index (χ0v) is 10.8. The molecule has 19 heavy (non-hydrogen) atoms. The second-order valence-electron chi connectivity index (χ2n) is 4.26. The molecule has 0 aliphatic rings. The topological polar surface area (TPSA) is 90.4 Å². The summed E-state index contributed by atoms with van der Waals surface area (Å²) in [5, 5.41) is 13.8. The minimum Gasteiger partial charge on any atom is -0.424 e. The molecule has 1 unspecified atom stereocenters. The van der Waals surface area contributed by atoms with Crippen molar-refractivity contribution in [3.8, 4) is 0 Å². The maximum atomic E-state index is 10.7. The summed E-state index contributed by atoms with van der Waals surface area (Å²) in [5.41, 5.74) is 0.988. The highest BCUT2D eigenvalue weighted by atomic mass is 16.6. The zero-order valence-electron chi connectivity index (χ0n) is 10.8. The Bertz CT molecular complexity index is 581. The van der Waals surface area contributed by atoms with Gasteiger partial charge in [0.25, 0.3) is 11.7 Å². The third-order valence-electron chi connectivity index (χ3n) is 2.71. The molecule has 0 bridgehead atoms. The number of hydrogen-bond donors (Lipinski definition) is 1. The molecular formula is C12H15N3O4. The Morgan fingerprint density at radius 2 is 2.37 bits per heavy atom. The second kappa shape index (κ2) is 5.66. The summed E-state index contributed by atoms with van der Waals surface area (Å²) in [6.07, 6.45) is 0.815. The summed E-state index contributed by atoms with van der Waals surface area (Å²) in [6.45, 7) is 2.62. The van der Waals surface area contributed by atoms with Gasteiger partial charge in [0, 0.05) is 31.9 Å². The molecule has 7 nitrogen and oxygen atoms in total. The van der Waals surface area contributed by atoms with E-state index in [0.29, 0.717) is 23.7 Å². The average molecular weight is 265 g/mol. The molecule has 2 rings (SSSR count). The number of anilines is 1. The fourth-order valence-electron chi connectivity index (χ4n) is 1.67. The molecule has 0 amide bonds. The minimum absolute atomic E-state index is 0.000202. The number of nitrogens with zero attached hydrogens (tertiary/aromatic N) is 2. The lowest BCUT2D eigenvalue weighted by atomic mass is 10.2. The van der Waals surface area contributed by atoms with Crippen LogP contribution in [0.1, 0.15) is 13.3 Å². The first-order valence-corrected chi connectivity index (χ1v) is 5.90. The molecule has 2 aromatic rings. The van der Waals surface area contributed by atoms with Gasteiger partial charge in [0.2, 0.25) is 0 Å². The van der Waals surface area contributed by atoms with Crippen molar-refractivity contribution in [3.63, 3.8) is 0 Å². The van der Waals surface area contributed by atoms with Gasteiger partial charge in [-0.1, -0.05) is 0 Å². The molecular weight excluding hydrogens is 250 g/mol. The summed E-state index contributed by atoms with van der Waals surface area (Å²) in [5.74, 6) is 0. The number of hydrogen-bond acceptors (Lipinski definition) is 6. The lowest BCUT2D eigenvalue weighted by molar-refractivity contribution is -0.384. The fraction of sp³-hybridized carbons (Fsp3) is 0.417. The molecule has 0 saturated carbocycles. The van der Waals surface area contributed by atoms with E-state index in [4.69, 9.17) is 9.15 Å².